The minimum Gasteiger partial charge on any atom is -0.440 e. The highest BCUT2D eigenvalue weighted by atomic mass is 16.3. The molecular formula is C20H20N2O2. The first-order valence-corrected chi connectivity index (χ1v) is 8.38. The Morgan fingerprint density at radius 3 is 2.75 bits per heavy atom. The second-order valence-corrected chi connectivity index (χ2v) is 6.72. The summed E-state index contributed by atoms with van der Waals surface area (Å²) in [7, 11) is 0. The molecule has 1 aromatic heterocycles. The molecule has 4 heteroatoms. The zero-order valence-corrected chi connectivity index (χ0v) is 13.8. The summed E-state index contributed by atoms with van der Waals surface area (Å²) in [4.78, 5) is 17.0. The zero-order valence-electron chi connectivity index (χ0n) is 13.8. The standard InChI is InChI=1S/C20H20N2O2/c1-12(2)20-22-17-10-14(8-9-18(17)24-20)19(23)21-16-11-15(16)13-6-4-3-5-7-13/h3-10,12,15-16H,11H2,1-2H3,(H,21,23)/t15-,16+/m0/s1. The summed E-state index contributed by atoms with van der Waals surface area (Å²) in [6.07, 6.45) is 0.999. The average Bonchev–Trinajstić information content (AvgIpc) is 3.21. The lowest BCUT2D eigenvalue weighted by molar-refractivity contribution is 0.0950. The molecule has 4 nitrogen and oxygen atoms in total. The van der Waals surface area contributed by atoms with Crippen LogP contribution in [0.15, 0.2) is 52.9 Å². The lowest BCUT2D eigenvalue weighted by atomic mass is 10.1. The molecule has 2 atom stereocenters. The molecule has 1 saturated carbocycles. The Bertz CT molecular complexity index is 883. The largest absolute Gasteiger partial charge is 0.440 e. The van der Waals surface area contributed by atoms with Crippen molar-refractivity contribution in [3.63, 3.8) is 0 Å². The van der Waals surface area contributed by atoms with Crippen LogP contribution >= 0.6 is 0 Å². The van der Waals surface area contributed by atoms with Crippen molar-refractivity contribution in [2.75, 3.05) is 0 Å². The molecule has 1 amide bonds. The van der Waals surface area contributed by atoms with Gasteiger partial charge in [0.25, 0.3) is 5.91 Å². The van der Waals surface area contributed by atoms with Gasteiger partial charge in [-0.15, -0.1) is 0 Å². The molecule has 3 aromatic rings. The topological polar surface area (TPSA) is 55.1 Å². The predicted molar refractivity (Wildman–Crippen MR) is 93.2 cm³/mol. The second-order valence-electron chi connectivity index (χ2n) is 6.72. The van der Waals surface area contributed by atoms with E-state index in [1.165, 1.54) is 5.56 Å². The monoisotopic (exact) mass is 320 g/mol. The van der Waals surface area contributed by atoms with Gasteiger partial charge in [-0.3, -0.25) is 4.79 Å². The van der Waals surface area contributed by atoms with Crippen LogP contribution in [-0.4, -0.2) is 16.9 Å². The van der Waals surface area contributed by atoms with Crippen LogP contribution in [0.5, 0.6) is 0 Å². The molecule has 0 radical (unpaired) electrons. The molecule has 1 heterocycles. The van der Waals surface area contributed by atoms with E-state index >= 15 is 0 Å². The van der Waals surface area contributed by atoms with Crippen LogP contribution in [-0.2, 0) is 0 Å². The third-order valence-electron chi connectivity index (χ3n) is 4.49. The van der Waals surface area contributed by atoms with Crippen LogP contribution in [0.4, 0.5) is 0 Å². The summed E-state index contributed by atoms with van der Waals surface area (Å²) in [5, 5.41) is 3.12. The van der Waals surface area contributed by atoms with E-state index in [2.05, 4.69) is 22.4 Å². The summed E-state index contributed by atoms with van der Waals surface area (Å²) in [6, 6.07) is 16.0. The first-order chi connectivity index (χ1) is 11.6. The highest BCUT2D eigenvalue weighted by molar-refractivity contribution is 5.97. The van der Waals surface area contributed by atoms with Gasteiger partial charge in [0, 0.05) is 23.4 Å². The molecule has 4 rings (SSSR count). The van der Waals surface area contributed by atoms with Gasteiger partial charge >= 0.3 is 0 Å². The van der Waals surface area contributed by atoms with Crippen molar-refractivity contribution in [3.8, 4) is 0 Å². The van der Waals surface area contributed by atoms with Gasteiger partial charge in [0.2, 0.25) is 0 Å². The molecule has 24 heavy (non-hydrogen) atoms. The molecule has 0 bridgehead atoms. The van der Waals surface area contributed by atoms with Gasteiger partial charge in [-0.2, -0.15) is 0 Å². The van der Waals surface area contributed by atoms with Crippen LogP contribution < -0.4 is 5.32 Å². The van der Waals surface area contributed by atoms with Gasteiger partial charge in [0.05, 0.1) is 0 Å². The first kappa shape index (κ1) is 14.9. The SMILES string of the molecule is CC(C)c1nc2cc(C(=O)N[C@@H]3C[C@H]3c3ccccc3)ccc2o1. The molecule has 1 aliphatic carbocycles. The van der Waals surface area contributed by atoms with Crippen molar-refractivity contribution in [2.45, 2.75) is 38.1 Å². The van der Waals surface area contributed by atoms with Gasteiger partial charge in [-0.1, -0.05) is 44.2 Å². The fraction of sp³-hybridized carbons (Fsp3) is 0.300. The molecule has 0 aliphatic heterocycles. The van der Waals surface area contributed by atoms with E-state index in [4.69, 9.17) is 4.42 Å². The number of amides is 1. The van der Waals surface area contributed by atoms with Crippen molar-refractivity contribution in [1.82, 2.24) is 10.3 Å². The molecule has 1 fully saturated rings. The average molecular weight is 320 g/mol. The van der Waals surface area contributed by atoms with Gasteiger partial charge in [0.1, 0.15) is 5.52 Å². The predicted octanol–water partition coefficient (Wildman–Crippen LogP) is 4.24. The summed E-state index contributed by atoms with van der Waals surface area (Å²) >= 11 is 0. The highest BCUT2D eigenvalue weighted by Crippen LogP contribution is 2.40. The minimum atomic E-state index is -0.0468. The molecule has 1 N–H and O–H groups in total. The van der Waals surface area contributed by atoms with Gasteiger partial charge in [0.15, 0.2) is 11.5 Å². The smallest absolute Gasteiger partial charge is 0.251 e. The highest BCUT2D eigenvalue weighted by Gasteiger charge is 2.39. The Morgan fingerprint density at radius 1 is 1.21 bits per heavy atom. The Kier molecular flexibility index (Phi) is 3.60. The van der Waals surface area contributed by atoms with Gasteiger partial charge < -0.3 is 9.73 Å². The maximum atomic E-state index is 12.5. The number of aromatic nitrogens is 1. The van der Waals surface area contributed by atoms with Gasteiger partial charge in [-0.25, -0.2) is 4.98 Å². The van der Waals surface area contributed by atoms with Crippen molar-refractivity contribution in [3.05, 3.63) is 65.5 Å². The van der Waals surface area contributed by atoms with E-state index in [9.17, 15) is 4.79 Å². The number of carbonyl (C=O) groups excluding carboxylic acids is 1. The number of hydrogen-bond acceptors (Lipinski definition) is 3. The number of fused-ring (bicyclic) bond motifs is 1. The summed E-state index contributed by atoms with van der Waals surface area (Å²) in [5.74, 6) is 1.31. The van der Waals surface area contributed by atoms with Crippen molar-refractivity contribution >= 4 is 17.0 Å². The van der Waals surface area contributed by atoms with E-state index < -0.39 is 0 Å². The fourth-order valence-corrected chi connectivity index (χ4v) is 3.01. The normalized spacial score (nSPS) is 19.6. The number of nitrogens with zero attached hydrogens (tertiary/aromatic N) is 1. The molecular weight excluding hydrogens is 300 g/mol. The lowest BCUT2D eigenvalue weighted by Gasteiger charge is -2.05. The summed E-state index contributed by atoms with van der Waals surface area (Å²) in [6.45, 7) is 4.07. The van der Waals surface area contributed by atoms with Crippen molar-refractivity contribution < 1.29 is 9.21 Å². The molecule has 122 valence electrons. The van der Waals surface area contributed by atoms with E-state index in [0.717, 1.165) is 17.5 Å². The first-order valence-electron chi connectivity index (χ1n) is 8.38. The second kappa shape index (κ2) is 5.78. The summed E-state index contributed by atoms with van der Waals surface area (Å²) < 4.78 is 5.69. The Labute approximate surface area is 140 Å². The lowest BCUT2D eigenvalue weighted by Crippen LogP contribution is -2.26. The number of nitrogens with one attached hydrogen (secondary N) is 1. The fourth-order valence-electron chi connectivity index (χ4n) is 3.01. The summed E-state index contributed by atoms with van der Waals surface area (Å²) in [5.41, 5.74) is 3.38. The van der Waals surface area contributed by atoms with Crippen molar-refractivity contribution in [2.24, 2.45) is 0 Å². The van der Waals surface area contributed by atoms with Crippen LogP contribution in [0.25, 0.3) is 11.1 Å². The minimum absolute atomic E-state index is 0.0468. The Balaban J connectivity index is 1.48. The number of carbonyl (C=O) groups is 1. The zero-order chi connectivity index (χ0) is 16.7. The van der Waals surface area contributed by atoms with Crippen molar-refractivity contribution in [1.29, 1.82) is 0 Å². The third kappa shape index (κ3) is 2.80. The molecule has 0 saturated heterocycles. The van der Waals surface area contributed by atoms with Crippen LogP contribution in [0.1, 0.15) is 53.9 Å². The third-order valence-corrected chi connectivity index (χ3v) is 4.49. The maximum absolute atomic E-state index is 12.5. The van der Waals surface area contributed by atoms with E-state index in [-0.39, 0.29) is 17.9 Å². The Hall–Kier alpha value is -2.62. The van der Waals surface area contributed by atoms with E-state index in [1.807, 2.05) is 38.1 Å². The van der Waals surface area contributed by atoms with Crippen LogP contribution in [0.3, 0.4) is 0 Å². The number of rotatable bonds is 4. The van der Waals surface area contributed by atoms with Gasteiger partial charge in [-0.05, 0) is 30.2 Å². The van der Waals surface area contributed by atoms with Crippen LogP contribution in [0, 0.1) is 0 Å². The Morgan fingerprint density at radius 2 is 2.00 bits per heavy atom. The molecule has 0 unspecified atom stereocenters. The van der Waals surface area contributed by atoms with Crippen LogP contribution in [0.2, 0.25) is 0 Å². The van der Waals surface area contributed by atoms with E-state index in [1.54, 1.807) is 12.1 Å². The quantitative estimate of drug-likeness (QED) is 0.782. The molecule has 0 spiro atoms. The number of hydrogen-bond donors (Lipinski definition) is 1. The maximum Gasteiger partial charge on any atom is 0.251 e. The number of oxazole rings is 1. The van der Waals surface area contributed by atoms with E-state index in [0.29, 0.717) is 17.4 Å². The number of benzene rings is 2. The molecule has 2 aromatic carbocycles. The molecule has 1 aliphatic rings.